The van der Waals surface area contributed by atoms with Crippen molar-refractivity contribution in [2.45, 2.75) is 32.7 Å². The summed E-state index contributed by atoms with van der Waals surface area (Å²) in [5.41, 5.74) is 1.05. The molecule has 0 radical (unpaired) electrons. The lowest BCUT2D eigenvalue weighted by Gasteiger charge is -2.32. The highest BCUT2D eigenvalue weighted by Crippen LogP contribution is 2.35. The van der Waals surface area contributed by atoms with Gasteiger partial charge in [0.15, 0.2) is 10.9 Å². The third-order valence-electron chi connectivity index (χ3n) is 5.44. The van der Waals surface area contributed by atoms with Crippen LogP contribution in [0.1, 0.15) is 45.6 Å². The van der Waals surface area contributed by atoms with Crippen molar-refractivity contribution in [1.29, 1.82) is 0 Å². The maximum Gasteiger partial charge on any atom is 0.350 e. The Morgan fingerprint density at radius 1 is 1.29 bits per heavy atom. The molecule has 0 saturated carbocycles. The second-order valence-electron chi connectivity index (χ2n) is 7.72. The number of pyridine rings is 1. The summed E-state index contributed by atoms with van der Waals surface area (Å²) >= 11 is 13.4. The number of aryl methyl sites for hydroxylation is 1. The summed E-state index contributed by atoms with van der Waals surface area (Å²) in [5.74, 6) is -1.44. The smallest absolute Gasteiger partial charge is 0.350 e. The van der Waals surface area contributed by atoms with E-state index in [1.807, 2.05) is 4.90 Å². The number of aromatic amines is 1. The van der Waals surface area contributed by atoms with E-state index in [1.165, 1.54) is 18.3 Å². The molecule has 1 aliphatic heterocycles. The van der Waals surface area contributed by atoms with Crippen LogP contribution in [0, 0.1) is 12.7 Å². The zero-order valence-electron chi connectivity index (χ0n) is 18.5. The average molecular weight is 526 g/mol. The molecule has 8 nitrogen and oxygen atoms in total. The normalized spacial score (nSPS) is 14.3. The van der Waals surface area contributed by atoms with Crippen LogP contribution in [0.5, 0.6) is 0 Å². The maximum atomic E-state index is 14.4. The van der Waals surface area contributed by atoms with Crippen LogP contribution in [-0.4, -0.2) is 52.6 Å². The molecule has 3 aromatic heterocycles. The summed E-state index contributed by atoms with van der Waals surface area (Å²) in [6, 6.07) is 2.68. The number of H-pyrrole nitrogens is 1. The van der Waals surface area contributed by atoms with Crippen molar-refractivity contribution in [3.63, 3.8) is 0 Å². The van der Waals surface area contributed by atoms with Gasteiger partial charge in [-0.25, -0.2) is 14.2 Å². The third-order valence-corrected chi connectivity index (χ3v) is 7.48. The standard InChI is InChI=1S/C22H22Cl2FN5O3S/c1-3-33-21(32)19-18(16-13(25)5-4-8-26-16)29-22(34-19)30-9-6-12(7-10-30)28-20(31)17-15(24)14(23)11(2)27-17/h4-5,8,12,27H,3,6-7,9-10H2,1-2H3,(H,28,31). The van der Waals surface area contributed by atoms with E-state index >= 15 is 0 Å². The minimum atomic E-state index is -0.565. The highest BCUT2D eigenvalue weighted by molar-refractivity contribution is 7.17. The number of carbonyl (C=O) groups excluding carboxylic acids is 2. The van der Waals surface area contributed by atoms with Gasteiger partial charge in [0.25, 0.3) is 5.91 Å². The van der Waals surface area contributed by atoms with Crippen LogP contribution < -0.4 is 10.2 Å². The van der Waals surface area contributed by atoms with Gasteiger partial charge >= 0.3 is 5.97 Å². The number of halogens is 3. The number of rotatable bonds is 6. The number of piperidine rings is 1. The molecule has 3 aromatic rings. The Kier molecular flexibility index (Phi) is 7.39. The van der Waals surface area contributed by atoms with Crippen LogP contribution in [0.3, 0.4) is 0 Å². The van der Waals surface area contributed by atoms with Gasteiger partial charge in [0.1, 0.15) is 22.0 Å². The molecule has 0 bridgehead atoms. The fourth-order valence-electron chi connectivity index (χ4n) is 3.70. The first-order valence-corrected chi connectivity index (χ1v) is 12.3. The van der Waals surface area contributed by atoms with Crippen molar-refractivity contribution >= 4 is 51.5 Å². The van der Waals surface area contributed by atoms with Crippen LogP contribution in [0.4, 0.5) is 9.52 Å². The van der Waals surface area contributed by atoms with Gasteiger partial charge in [-0.1, -0.05) is 34.5 Å². The Morgan fingerprint density at radius 3 is 2.65 bits per heavy atom. The van der Waals surface area contributed by atoms with Gasteiger partial charge in [0, 0.05) is 31.0 Å². The lowest BCUT2D eigenvalue weighted by Crippen LogP contribution is -2.44. The quantitative estimate of drug-likeness (QED) is 0.445. The molecule has 1 aliphatic rings. The van der Waals surface area contributed by atoms with Crippen molar-refractivity contribution in [1.82, 2.24) is 20.3 Å². The summed E-state index contributed by atoms with van der Waals surface area (Å²) in [4.78, 5) is 38.9. The number of amides is 1. The number of hydrogen-bond donors (Lipinski definition) is 2. The molecule has 34 heavy (non-hydrogen) atoms. The first-order chi connectivity index (χ1) is 16.3. The largest absolute Gasteiger partial charge is 0.462 e. The molecule has 1 fully saturated rings. The molecular formula is C22H22Cl2FN5O3S. The molecule has 0 aromatic carbocycles. The highest BCUT2D eigenvalue weighted by Gasteiger charge is 2.29. The van der Waals surface area contributed by atoms with Gasteiger partial charge in [-0.2, -0.15) is 0 Å². The number of nitrogens with zero attached hydrogens (tertiary/aromatic N) is 3. The van der Waals surface area contributed by atoms with Gasteiger partial charge in [0.2, 0.25) is 0 Å². The zero-order chi connectivity index (χ0) is 24.4. The summed E-state index contributed by atoms with van der Waals surface area (Å²) < 4.78 is 19.5. The molecule has 1 saturated heterocycles. The topological polar surface area (TPSA) is 100 Å². The number of hydrogen-bond acceptors (Lipinski definition) is 7. The minimum absolute atomic E-state index is 0.00647. The number of nitrogens with one attached hydrogen (secondary N) is 2. The Balaban J connectivity index is 1.48. The highest BCUT2D eigenvalue weighted by atomic mass is 35.5. The Bertz CT molecular complexity index is 1220. The van der Waals surface area contributed by atoms with Gasteiger partial charge in [-0.15, -0.1) is 0 Å². The van der Waals surface area contributed by atoms with Gasteiger partial charge in [-0.3, -0.25) is 9.78 Å². The predicted octanol–water partition coefficient (Wildman–Crippen LogP) is 4.86. The molecule has 0 atom stereocenters. The molecule has 0 unspecified atom stereocenters. The Morgan fingerprint density at radius 2 is 2.03 bits per heavy atom. The Labute approximate surface area is 209 Å². The van der Waals surface area contributed by atoms with Crippen molar-refractivity contribution in [3.05, 3.63) is 50.5 Å². The van der Waals surface area contributed by atoms with Crippen LogP contribution in [0.15, 0.2) is 18.3 Å². The molecule has 12 heteroatoms. The number of thiazole rings is 1. The molecule has 180 valence electrons. The van der Waals surface area contributed by atoms with E-state index in [0.29, 0.717) is 41.8 Å². The number of carbonyl (C=O) groups is 2. The van der Waals surface area contributed by atoms with E-state index < -0.39 is 11.8 Å². The van der Waals surface area contributed by atoms with Crippen molar-refractivity contribution in [2.24, 2.45) is 0 Å². The number of anilines is 1. The SMILES string of the molecule is CCOC(=O)c1sc(N2CCC(NC(=O)c3[nH]c(C)c(Cl)c3Cl)CC2)nc1-c1ncccc1F. The molecule has 1 amide bonds. The van der Waals surface area contributed by atoms with E-state index in [0.717, 1.165) is 11.3 Å². The number of aromatic nitrogens is 3. The monoisotopic (exact) mass is 525 g/mol. The fourth-order valence-corrected chi connectivity index (χ4v) is 5.13. The van der Waals surface area contributed by atoms with Crippen LogP contribution >= 0.6 is 34.5 Å². The fraction of sp³-hybridized carbons (Fsp3) is 0.364. The Hall–Kier alpha value is -2.69. The summed E-state index contributed by atoms with van der Waals surface area (Å²) in [7, 11) is 0. The van der Waals surface area contributed by atoms with E-state index in [9.17, 15) is 14.0 Å². The molecule has 4 heterocycles. The van der Waals surface area contributed by atoms with Crippen molar-refractivity contribution in [3.8, 4) is 11.4 Å². The first kappa shape index (κ1) is 24.4. The lowest BCUT2D eigenvalue weighted by molar-refractivity contribution is 0.0532. The first-order valence-electron chi connectivity index (χ1n) is 10.7. The molecule has 0 aliphatic carbocycles. The summed E-state index contributed by atoms with van der Waals surface area (Å²) in [6.45, 7) is 4.81. The zero-order valence-corrected chi connectivity index (χ0v) is 20.8. The molecular weight excluding hydrogens is 504 g/mol. The van der Waals surface area contributed by atoms with Crippen LogP contribution in [0.2, 0.25) is 10.0 Å². The molecule has 2 N–H and O–H groups in total. The van der Waals surface area contributed by atoms with Crippen LogP contribution in [-0.2, 0) is 4.74 Å². The molecule has 0 spiro atoms. The van der Waals surface area contributed by atoms with Gasteiger partial charge in [-0.05, 0) is 38.8 Å². The van der Waals surface area contributed by atoms with E-state index in [2.05, 4.69) is 20.3 Å². The maximum absolute atomic E-state index is 14.4. The predicted molar refractivity (Wildman–Crippen MR) is 130 cm³/mol. The van der Waals surface area contributed by atoms with Crippen molar-refractivity contribution < 1.29 is 18.7 Å². The summed E-state index contributed by atoms with van der Waals surface area (Å²) in [5, 5.41) is 4.10. The number of esters is 1. The van der Waals surface area contributed by atoms with E-state index in [4.69, 9.17) is 27.9 Å². The van der Waals surface area contributed by atoms with Gasteiger partial charge < -0.3 is 19.9 Å². The van der Waals surface area contributed by atoms with Gasteiger partial charge in [0.05, 0.1) is 16.7 Å². The van der Waals surface area contributed by atoms with E-state index in [1.54, 1.807) is 13.8 Å². The minimum Gasteiger partial charge on any atom is -0.462 e. The second kappa shape index (κ2) is 10.3. The third kappa shape index (κ3) is 4.89. The van der Waals surface area contributed by atoms with E-state index in [-0.39, 0.29) is 45.5 Å². The summed E-state index contributed by atoms with van der Waals surface area (Å²) in [6.07, 6.45) is 2.75. The average Bonchev–Trinajstić information content (AvgIpc) is 3.37. The van der Waals surface area contributed by atoms with Crippen LogP contribution in [0.25, 0.3) is 11.4 Å². The molecule has 4 rings (SSSR count). The second-order valence-corrected chi connectivity index (χ2v) is 9.45. The number of ether oxygens (including phenoxy) is 1. The lowest BCUT2D eigenvalue weighted by atomic mass is 10.1. The van der Waals surface area contributed by atoms with Crippen molar-refractivity contribution in [2.75, 3.05) is 24.6 Å².